The van der Waals surface area contributed by atoms with Crippen molar-refractivity contribution >= 4 is 33.9 Å². The number of amides is 1. The maximum Gasteiger partial charge on any atom is 0.307 e. The Kier molecular flexibility index (Phi) is 3.51. The van der Waals surface area contributed by atoms with Gasteiger partial charge in [0.05, 0.1) is 6.21 Å². The number of hydrogen-bond donors (Lipinski definition) is 1. The molecule has 0 aliphatic carbocycles. The minimum atomic E-state index is -0.388. The molecule has 5 heteroatoms. The van der Waals surface area contributed by atoms with Crippen LogP contribution in [-0.4, -0.2) is 17.1 Å². The van der Waals surface area contributed by atoms with Crippen LogP contribution in [0.1, 0.15) is 16.1 Å². The average Bonchev–Trinajstić information content (AvgIpc) is 3.07. The van der Waals surface area contributed by atoms with Crippen molar-refractivity contribution in [1.29, 1.82) is 0 Å². The van der Waals surface area contributed by atoms with E-state index >= 15 is 0 Å². The van der Waals surface area contributed by atoms with Crippen molar-refractivity contribution in [1.82, 2.24) is 10.4 Å². The first-order valence-corrected chi connectivity index (χ1v) is 7.46. The largest absolute Gasteiger partial charge is 0.451 e. The van der Waals surface area contributed by atoms with Crippen molar-refractivity contribution in [3.8, 4) is 0 Å². The van der Waals surface area contributed by atoms with Crippen molar-refractivity contribution < 1.29 is 9.21 Å². The first kappa shape index (κ1) is 14.1. The third kappa shape index (κ3) is 2.63. The highest BCUT2D eigenvalue weighted by Crippen LogP contribution is 2.28. The molecule has 0 saturated carbocycles. The summed E-state index contributed by atoms with van der Waals surface area (Å²) < 4.78 is 5.64. The van der Waals surface area contributed by atoms with Crippen molar-refractivity contribution in [2.45, 2.75) is 0 Å². The summed E-state index contributed by atoms with van der Waals surface area (Å²) in [6, 6.07) is 17.2. The summed E-state index contributed by atoms with van der Waals surface area (Å²) >= 11 is 0. The van der Waals surface area contributed by atoms with Gasteiger partial charge in [-0.2, -0.15) is 5.10 Å². The summed E-state index contributed by atoms with van der Waals surface area (Å²) in [6.45, 7) is 0. The fourth-order valence-corrected chi connectivity index (χ4v) is 2.57. The number of aromatic nitrogens is 1. The molecule has 4 aromatic rings. The third-order valence-corrected chi connectivity index (χ3v) is 3.74. The number of rotatable bonds is 3. The monoisotopic (exact) mass is 315 g/mol. The lowest BCUT2D eigenvalue weighted by Crippen LogP contribution is -2.16. The second-order valence-corrected chi connectivity index (χ2v) is 5.29. The predicted molar refractivity (Wildman–Crippen MR) is 93.0 cm³/mol. The Hall–Kier alpha value is -3.47. The van der Waals surface area contributed by atoms with Gasteiger partial charge in [-0.15, -0.1) is 0 Å². The van der Waals surface area contributed by atoms with Crippen LogP contribution in [0.15, 0.2) is 76.5 Å². The van der Waals surface area contributed by atoms with Crippen LogP contribution in [0.5, 0.6) is 0 Å². The normalized spacial score (nSPS) is 11.3. The molecule has 0 unspecified atom stereocenters. The van der Waals surface area contributed by atoms with Crippen molar-refractivity contribution in [2.24, 2.45) is 5.10 Å². The molecule has 0 atom stereocenters. The van der Waals surface area contributed by atoms with Gasteiger partial charge in [0, 0.05) is 17.8 Å². The first-order valence-electron chi connectivity index (χ1n) is 7.46. The fraction of sp³-hybridized carbons (Fsp3) is 0. The van der Waals surface area contributed by atoms with Crippen molar-refractivity contribution in [2.75, 3.05) is 0 Å². The lowest BCUT2D eigenvalue weighted by atomic mass is 10.1. The number of nitrogens with one attached hydrogen (secondary N) is 1. The predicted octanol–water partition coefficient (Wildman–Crippen LogP) is 3.74. The molecule has 2 heterocycles. The first-order chi connectivity index (χ1) is 11.8. The van der Waals surface area contributed by atoms with Crippen LogP contribution in [0.4, 0.5) is 0 Å². The molecule has 0 aliphatic heterocycles. The quantitative estimate of drug-likeness (QED) is 0.462. The van der Waals surface area contributed by atoms with Gasteiger partial charge < -0.3 is 4.42 Å². The van der Waals surface area contributed by atoms with Crippen molar-refractivity contribution in [3.05, 3.63) is 78.3 Å². The number of carbonyl (C=O) groups is 1. The second-order valence-electron chi connectivity index (χ2n) is 5.29. The van der Waals surface area contributed by atoms with Gasteiger partial charge >= 0.3 is 5.91 Å². The Bertz CT molecular complexity index is 1050. The minimum Gasteiger partial charge on any atom is -0.451 e. The van der Waals surface area contributed by atoms with Crippen LogP contribution >= 0.6 is 0 Å². The van der Waals surface area contributed by atoms with E-state index in [0.717, 1.165) is 21.7 Å². The molecular formula is C19H13N3O2. The van der Waals surface area contributed by atoms with Crippen LogP contribution in [-0.2, 0) is 0 Å². The van der Waals surface area contributed by atoms with Crippen LogP contribution in [0, 0.1) is 0 Å². The van der Waals surface area contributed by atoms with E-state index in [1.54, 1.807) is 36.8 Å². The fourth-order valence-electron chi connectivity index (χ4n) is 2.57. The highest BCUT2D eigenvalue weighted by Gasteiger charge is 2.13. The number of hydrogen-bond acceptors (Lipinski definition) is 4. The Balaban J connectivity index is 1.60. The summed E-state index contributed by atoms with van der Waals surface area (Å²) in [5.74, 6) is -0.159. The van der Waals surface area contributed by atoms with Crippen LogP contribution in [0.2, 0.25) is 0 Å². The lowest BCUT2D eigenvalue weighted by molar-refractivity contribution is 0.0929. The Morgan fingerprint density at radius 3 is 2.75 bits per heavy atom. The number of benzene rings is 2. The molecule has 1 amide bonds. The molecule has 2 aromatic heterocycles. The number of fused-ring (bicyclic) bond motifs is 3. The van der Waals surface area contributed by atoms with Crippen molar-refractivity contribution in [3.63, 3.8) is 0 Å². The third-order valence-electron chi connectivity index (χ3n) is 3.74. The molecule has 0 spiro atoms. The topological polar surface area (TPSA) is 67.5 Å². The van der Waals surface area contributed by atoms with E-state index in [0.29, 0.717) is 5.58 Å². The number of furan rings is 1. The van der Waals surface area contributed by atoms with Gasteiger partial charge in [0.15, 0.2) is 5.76 Å². The van der Waals surface area contributed by atoms with E-state index in [1.165, 1.54) is 0 Å². The van der Waals surface area contributed by atoms with E-state index in [9.17, 15) is 4.79 Å². The number of carbonyl (C=O) groups excluding carboxylic acids is 1. The van der Waals surface area contributed by atoms with E-state index in [1.807, 2.05) is 36.4 Å². The van der Waals surface area contributed by atoms with Gasteiger partial charge in [-0.1, -0.05) is 30.3 Å². The Morgan fingerprint density at radius 2 is 1.88 bits per heavy atom. The highest BCUT2D eigenvalue weighted by atomic mass is 16.3. The summed E-state index contributed by atoms with van der Waals surface area (Å²) in [7, 11) is 0. The molecule has 0 saturated heterocycles. The van der Waals surface area contributed by atoms with Gasteiger partial charge in [-0.05, 0) is 40.6 Å². The van der Waals surface area contributed by atoms with E-state index in [-0.39, 0.29) is 11.7 Å². The smallest absolute Gasteiger partial charge is 0.307 e. The molecule has 0 aliphatic rings. The zero-order valence-electron chi connectivity index (χ0n) is 12.6. The van der Waals surface area contributed by atoms with E-state index < -0.39 is 0 Å². The molecule has 1 N–H and O–H groups in total. The van der Waals surface area contributed by atoms with Gasteiger partial charge in [0.1, 0.15) is 5.58 Å². The molecule has 0 radical (unpaired) electrons. The Labute approximate surface area is 137 Å². The maximum atomic E-state index is 12.2. The van der Waals surface area contributed by atoms with Gasteiger partial charge in [0.25, 0.3) is 0 Å². The van der Waals surface area contributed by atoms with E-state index in [2.05, 4.69) is 15.5 Å². The summed E-state index contributed by atoms with van der Waals surface area (Å²) in [4.78, 5) is 16.1. The zero-order chi connectivity index (χ0) is 16.4. The van der Waals surface area contributed by atoms with E-state index in [4.69, 9.17) is 4.42 Å². The second kappa shape index (κ2) is 5.96. The Morgan fingerprint density at radius 1 is 1.04 bits per heavy atom. The van der Waals surface area contributed by atoms with Gasteiger partial charge in [-0.3, -0.25) is 9.78 Å². The van der Waals surface area contributed by atoms with Crippen LogP contribution in [0.25, 0.3) is 21.7 Å². The van der Waals surface area contributed by atoms with Gasteiger partial charge in [-0.25, -0.2) is 5.43 Å². The number of nitrogens with zero attached hydrogens (tertiary/aromatic N) is 2. The minimum absolute atomic E-state index is 0.230. The summed E-state index contributed by atoms with van der Waals surface area (Å²) in [5, 5.41) is 7.01. The molecule has 0 bridgehead atoms. The number of pyridine rings is 1. The molecule has 0 fully saturated rings. The zero-order valence-corrected chi connectivity index (χ0v) is 12.6. The molecule has 116 valence electrons. The lowest BCUT2D eigenvalue weighted by Gasteiger charge is -1.96. The van der Waals surface area contributed by atoms with Gasteiger partial charge in [0.2, 0.25) is 0 Å². The number of hydrazone groups is 1. The molecule has 24 heavy (non-hydrogen) atoms. The average molecular weight is 315 g/mol. The molecule has 5 nitrogen and oxygen atoms in total. The SMILES string of the molecule is O=C(N/N=C/c1ccncc1)c1cc2c(ccc3ccccc32)o1. The standard InChI is InChI=1S/C19H13N3O2/c23-19(22-21-12-13-7-9-20-10-8-13)18-11-16-15-4-2-1-3-14(15)5-6-17(16)24-18/h1-12H,(H,22,23)/b21-12+. The van der Waals surface area contributed by atoms with Crippen LogP contribution in [0.3, 0.4) is 0 Å². The maximum absolute atomic E-state index is 12.2. The molecule has 4 rings (SSSR count). The summed E-state index contributed by atoms with van der Waals surface area (Å²) in [6.07, 6.45) is 4.87. The highest BCUT2D eigenvalue weighted by molar-refractivity contribution is 6.08. The summed E-state index contributed by atoms with van der Waals surface area (Å²) in [5.41, 5.74) is 4.00. The molecule has 2 aromatic carbocycles. The van der Waals surface area contributed by atoms with Crippen LogP contribution < -0.4 is 5.43 Å². The molecular weight excluding hydrogens is 302 g/mol.